The third kappa shape index (κ3) is 5.08. The molecule has 164 valence electrons. The van der Waals surface area contributed by atoms with Crippen molar-refractivity contribution in [2.24, 2.45) is 0 Å². The highest BCUT2D eigenvalue weighted by atomic mass is 32.2. The van der Waals surface area contributed by atoms with Gasteiger partial charge in [0.05, 0.1) is 16.1 Å². The third-order valence-electron chi connectivity index (χ3n) is 4.51. The molecule has 0 aliphatic rings. The summed E-state index contributed by atoms with van der Waals surface area (Å²) in [6.07, 6.45) is 2.96. The molecule has 0 radical (unpaired) electrons. The lowest BCUT2D eigenvalue weighted by molar-refractivity contribution is -0.0500. The maximum atomic E-state index is 13.5. The largest absolute Gasteiger partial charge is 0.432 e. The molecule has 2 aromatic carbocycles. The Hall–Kier alpha value is -3.27. The van der Waals surface area contributed by atoms with Crippen molar-refractivity contribution in [1.82, 2.24) is 4.57 Å². The van der Waals surface area contributed by atoms with E-state index in [9.17, 15) is 26.4 Å². The zero-order valence-corrected chi connectivity index (χ0v) is 17.4. The number of rotatable bonds is 7. The Labute approximate surface area is 177 Å². The zero-order chi connectivity index (χ0) is 22.8. The van der Waals surface area contributed by atoms with Crippen molar-refractivity contribution in [2.45, 2.75) is 24.9 Å². The van der Waals surface area contributed by atoms with Gasteiger partial charge >= 0.3 is 6.61 Å². The number of hydrogen-bond acceptors (Lipinski definition) is 4. The van der Waals surface area contributed by atoms with Crippen LogP contribution in [0.1, 0.15) is 23.0 Å². The van der Waals surface area contributed by atoms with Gasteiger partial charge in [-0.1, -0.05) is 6.92 Å². The van der Waals surface area contributed by atoms with Crippen LogP contribution < -0.4 is 10.1 Å². The molecule has 1 heterocycles. The van der Waals surface area contributed by atoms with E-state index in [4.69, 9.17) is 0 Å². The molecule has 0 saturated carbocycles. The molecule has 0 saturated heterocycles. The topological polar surface area (TPSA) is 77.4 Å². The van der Waals surface area contributed by atoms with E-state index in [1.807, 2.05) is 0 Å². The number of hydrogen-bond donors (Lipinski definition) is 1. The predicted octanol–water partition coefficient (Wildman–Crippen LogP) is 4.44. The van der Waals surface area contributed by atoms with E-state index in [1.54, 1.807) is 6.92 Å². The molecule has 0 unspecified atom stereocenters. The van der Waals surface area contributed by atoms with Crippen molar-refractivity contribution >= 4 is 21.4 Å². The molecule has 0 fully saturated rings. The zero-order valence-electron chi connectivity index (χ0n) is 16.6. The fourth-order valence-electron chi connectivity index (χ4n) is 3.12. The van der Waals surface area contributed by atoms with Crippen LogP contribution in [0.3, 0.4) is 0 Å². The summed E-state index contributed by atoms with van der Waals surface area (Å²) in [4.78, 5) is 12.9. The first-order chi connectivity index (χ1) is 14.6. The van der Waals surface area contributed by atoms with E-state index >= 15 is 0 Å². The molecule has 3 aromatic rings. The molecule has 1 aromatic heterocycles. The first-order valence-corrected chi connectivity index (χ1v) is 11.1. The van der Waals surface area contributed by atoms with Crippen molar-refractivity contribution in [3.05, 3.63) is 71.8 Å². The Balaban J connectivity index is 1.92. The van der Waals surface area contributed by atoms with Gasteiger partial charge in [0.15, 0.2) is 15.6 Å². The normalized spacial score (nSPS) is 11.5. The minimum Gasteiger partial charge on any atom is -0.432 e. The monoisotopic (exact) mass is 452 g/mol. The number of sulfone groups is 1. The Morgan fingerprint density at radius 2 is 1.81 bits per heavy atom. The summed E-state index contributed by atoms with van der Waals surface area (Å²) < 4.78 is 68.1. The third-order valence-corrected chi connectivity index (χ3v) is 5.64. The van der Waals surface area contributed by atoms with Gasteiger partial charge in [-0.15, -0.1) is 0 Å². The first kappa shape index (κ1) is 22.4. The number of amides is 1. The number of alkyl halides is 2. The maximum Gasteiger partial charge on any atom is 0.387 e. The maximum absolute atomic E-state index is 13.5. The smallest absolute Gasteiger partial charge is 0.387 e. The number of nitrogens with zero attached hydrogens (tertiary/aromatic N) is 1. The Morgan fingerprint density at radius 1 is 1.13 bits per heavy atom. The predicted molar refractivity (Wildman–Crippen MR) is 109 cm³/mol. The summed E-state index contributed by atoms with van der Waals surface area (Å²) in [6.45, 7) is -1.36. The van der Waals surface area contributed by atoms with Crippen molar-refractivity contribution in [1.29, 1.82) is 0 Å². The molecule has 0 aliphatic carbocycles. The van der Waals surface area contributed by atoms with Crippen LogP contribution in [0.4, 0.5) is 18.9 Å². The molecule has 6 nitrogen and oxygen atoms in total. The number of anilines is 1. The highest BCUT2D eigenvalue weighted by molar-refractivity contribution is 7.90. The Bertz CT molecular complexity index is 1210. The van der Waals surface area contributed by atoms with Gasteiger partial charge in [-0.25, -0.2) is 12.8 Å². The molecule has 0 atom stereocenters. The van der Waals surface area contributed by atoms with Gasteiger partial charge in [0.1, 0.15) is 5.82 Å². The number of carbonyl (C=O) groups excluding carboxylic acids is 1. The van der Waals surface area contributed by atoms with Gasteiger partial charge in [-0.2, -0.15) is 8.78 Å². The summed E-state index contributed by atoms with van der Waals surface area (Å²) in [5, 5.41) is 2.67. The molecule has 10 heteroatoms. The van der Waals surface area contributed by atoms with Crippen molar-refractivity contribution in [3.8, 4) is 11.4 Å². The van der Waals surface area contributed by atoms with Crippen LogP contribution in [-0.4, -0.2) is 31.8 Å². The van der Waals surface area contributed by atoms with Gasteiger partial charge in [-0.05, 0) is 48.9 Å². The number of benzene rings is 2. The molecule has 0 aliphatic heterocycles. The van der Waals surface area contributed by atoms with E-state index in [0.717, 1.165) is 18.4 Å². The van der Waals surface area contributed by atoms with Gasteiger partial charge in [0.25, 0.3) is 5.91 Å². The highest BCUT2D eigenvalue weighted by Gasteiger charge is 2.20. The summed E-state index contributed by atoms with van der Waals surface area (Å²) in [5.74, 6) is -1.56. The second-order valence-corrected chi connectivity index (χ2v) is 8.66. The Morgan fingerprint density at radius 3 is 2.39 bits per heavy atom. The summed E-state index contributed by atoms with van der Waals surface area (Å²) >= 11 is 0. The first-order valence-electron chi connectivity index (χ1n) is 9.16. The van der Waals surface area contributed by atoms with Crippen LogP contribution in [0.2, 0.25) is 0 Å². The number of aromatic nitrogens is 1. The molecule has 0 bridgehead atoms. The van der Waals surface area contributed by atoms with Gasteiger partial charge in [0, 0.05) is 29.9 Å². The molecule has 3 rings (SSSR count). The average Bonchev–Trinajstić information content (AvgIpc) is 3.11. The van der Waals surface area contributed by atoms with Crippen molar-refractivity contribution in [2.75, 3.05) is 11.6 Å². The van der Waals surface area contributed by atoms with Crippen LogP contribution in [-0.2, 0) is 16.3 Å². The van der Waals surface area contributed by atoms with Crippen molar-refractivity contribution in [3.63, 3.8) is 0 Å². The number of halogens is 3. The lowest BCUT2D eigenvalue weighted by atomic mass is 10.1. The number of nitrogens with one attached hydrogen (secondary N) is 1. The molecule has 1 N–H and O–H groups in total. The summed E-state index contributed by atoms with van der Waals surface area (Å²) in [7, 11) is -3.36. The van der Waals surface area contributed by atoms with E-state index < -0.39 is 28.2 Å². The van der Waals surface area contributed by atoms with Gasteiger partial charge < -0.3 is 14.6 Å². The van der Waals surface area contributed by atoms with E-state index in [1.165, 1.54) is 47.2 Å². The lowest BCUT2D eigenvalue weighted by Gasteiger charge is -2.15. The van der Waals surface area contributed by atoms with Crippen LogP contribution in [0, 0.1) is 5.82 Å². The molecule has 1 amide bonds. The molecular formula is C21H19F3N2O4S. The summed E-state index contributed by atoms with van der Waals surface area (Å²) in [6, 6.07) is 10.4. The van der Waals surface area contributed by atoms with Crippen molar-refractivity contribution < 1.29 is 31.1 Å². The van der Waals surface area contributed by atoms with E-state index in [0.29, 0.717) is 17.8 Å². The minimum atomic E-state index is -3.36. The fraction of sp³-hybridized carbons (Fsp3) is 0.190. The fourth-order valence-corrected chi connectivity index (χ4v) is 3.75. The van der Waals surface area contributed by atoms with Gasteiger partial charge in [0.2, 0.25) is 0 Å². The number of carbonyl (C=O) groups is 1. The second kappa shape index (κ2) is 8.84. The van der Waals surface area contributed by atoms with Crippen LogP contribution >= 0.6 is 0 Å². The van der Waals surface area contributed by atoms with Crippen LogP contribution in [0.15, 0.2) is 59.6 Å². The molecule has 0 spiro atoms. The summed E-state index contributed by atoms with van der Waals surface area (Å²) in [5.41, 5.74) is 1.32. The second-order valence-electron chi connectivity index (χ2n) is 6.64. The molecule has 31 heavy (non-hydrogen) atoms. The SMILES string of the molecule is CCc1c(C(=O)Nc2ccc(S(C)(=O)=O)cc2)ccn1-c1ccc(F)cc1OC(F)F. The van der Waals surface area contributed by atoms with Crippen LogP contribution in [0.5, 0.6) is 5.75 Å². The quantitative estimate of drug-likeness (QED) is 0.575. The highest BCUT2D eigenvalue weighted by Crippen LogP contribution is 2.29. The molecular weight excluding hydrogens is 433 g/mol. The number of ether oxygens (including phenoxy) is 1. The van der Waals surface area contributed by atoms with E-state index in [2.05, 4.69) is 10.1 Å². The van der Waals surface area contributed by atoms with Gasteiger partial charge in [-0.3, -0.25) is 4.79 Å². The lowest BCUT2D eigenvalue weighted by Crippen LogP contribution is -2.15. The minimum absolute atomic E-state index is 0.119. The van der Waals surface area contributed by atoms with E-state index in [-0.39, 0.29) is 21.9 Å². The Kier molecular flexibility index (Phi) is 6.40. The van der Waals surface area contributed by atoms with Crippen LogP contribution in [0.25, 0.3) is 5.69 Å². The standard InChI is InChI=1S/C21H19F3N2O4S/c1-3-17-16(20(27)25-14-5-7-15(8-6-14)31(2,28)29)10-11-26(17)18-9-4-13(22)12-19(18)30-21(23)24/h4-12,21H,3H2,1-2H3,(H,25,27). The average molecular weight is 452 g/mol.